The third-order valence-electron chi connectivity index (χ3n) is 1.48. The van der Waals surface area contributed by atoms with Crippen molar-refractivity contribution in [3.05, 3.63) is 11.9 Å². The van der Waals surface area contributed by atoms with Crippen molar-refractivity contribution in [3.8, 4) is 0 Å². The molecule has 0 fully saturated rings. The van der Waals surface area contributed by atoms with E-state index in [2.05, 4.69) is 0 Å². The highest BCUT2D eigenvalue weighted by Gasteiger charge is 2.29. The Kier molecular flexibility index (Phi) is 4.28. The number of alkyl halides is 3. The third kappa shape index (κ3) is 6.19. The van der Waals surface area contributed by atoms with Crippen LogP contribution in [-0.2, 0) is 0 Å². The smallest absolute Gasteiger partial charge is 0.212 e. The largest absolute Gasteiger partial charge is 0.395 e. The molecule has 0 aromatic carbocycles. The zero-order chi connectivity index (χ0) is 9.78. The van der Waals surface area contributed by atoms with Crippen LogP contribution < -0.4 is 0 Å². The van der Waals surface area contributed by atoms with Gasteiger partial charge in [0.2, 0.25) is 0 Å². The van der Waals surface area contributed by atoms with E-state index in [9.17, 15) is 17.6 Å². The summed E-state index contributed by atoms with van der Waals surface area (Å²) in [5, 5.41) is 0. The summed E-state index contributed by atoms with van der Waals surface area (Å²) in [5.41, 5.74) is 0. The minimum Gasteiger partial charge on any atom is -0.212 e. The lowest BCUT2D eigenvalue weighted by Crippen LogP contribution is -2.07. The maximum absolute atomic E-state index is 12.5. The Morgan fingerprint density at radius 3 is 2.25 bits per heavy atom. The first-order valence-corrected chi connectivity index (χ1v) is 3.78. The highest BCUT2D eigenvalue weighted by Crippen LogP contribution is 2.26. The van der Waals surface area contributed by atoms with Crippen molar-refractivity contribution in [2.75, 3.05) is 0 Å². The zero-order valence-electron chi connectivity index (χ0n) is 7.08. The highest BCUT2D eigenvalue weighted by molar-refractivity contribution is 4.96. The zero-order valence-corrected chi connectivity index (χ0v) is 7.08. The van der Waals surface area contributed by atoms with Crippen LogP contribution in [0.2, 0.25) is 0 Å². The average Bonchev–Trinajstić information content (AvgIpc) is 1.82. The van der Waals surface area contributed by atoms with Gasteiger partial charge in [0.15, 0.2) is 0 Å². The van der Waals surface area contributed by atoms with E-state index in [1.807, 2.05) is 0 Å². The quantitative estimate of drug-likeness (QED) is 0.584. The van der Waals surface area contributed by atoms with Crippen molar-refractivity contribution in [2.45, 2.75) is 32.9 Å². The van der Waals surface area contributed by atoms with Gasteiger partial charge >= 0.3 is 6.18 Å². The van der Waals surface area contributed by atoms with Gasteiger partial charge in [-0.25, -0.2) is 4.39 Å². The molecule has 0 rings (SSSR count). The van der Waals surface area contributed by atoms with Gasteiger partial charge in [0.25, 0.3) is 0 Å². The minimum atomic E-state index is -4.44. The molecule has 0 saturated carbocycles. The summed E-state index contributed by atoms with van der Waals surface area (Å²) in [7, 11) is 0. The Morgan fingerprint density at radius 1 is 1.42 bits per heavy atom. The van der Waals surface area contributed by atoms with Crippen LogP contribution in [0.5, 0.6) is 0 Å². The van der Waals surface area contributed by atoms with E-state index >= 15 is 0 Å². The topological polar surface area (TPSA) is 0 Å². The SMILES string of the molecule is CCC(C)/C=C(\F)CC(F)(F)F. The van der Waals surface area contributed by atoms with Gasteiger partial charge in [-0.15, -0.1) is 0 Å². The summed E-state index contributed by atoms with van der Waals surface area (Å²) in [6.07, 6.45) is -4.22. The molecule has 0 saturated heterocycles. The van der Waals surface area contributed by atoms with E-state index in [4.69, 9.17) is 0 Å². The van der Waals surface area contributed by atoms with Gasteiger partial charge in [-0.05, 0) is 18.4 Å². The fraction of sp³-hybridized carbons (Fsp3) is 0.750. The lowest BCUT2D eigenvalue weighted by Gasteiger charge is -2.05. The first kappa shape index (κ1) is 11.5. The third-order valence-corrected chi connectivity index (χ3v) is 1.48. The van der Waals surface area contributed by atoms with Crippen molar-refractivity contribution in [3.63, 3.8) is 0 Å². The predicted octanol–water partition coefficient (Wildman–Crippen LogP) is 3.84. The van der Waals surface area contributed by atoms with E-state index in [-0.39, 0.29) is 5.92 Å². The van der Waals surface area contributed by atoms with E-state index in [0.29, 0.717) is 6.42 Å². The van der Waals surface area contributed by atoms with Crippen LogP contribution in [0.1, 0.15) is 26.7 Å². The molecule has 0 aromatic heterocycles. The van der Waals surface area contributed by atoms with Crippen molar-refractivity contribution in [1.29, 1.82) is 0 Å². The van der Waals surface area contributed by atoms with E-state index in [1.165, 1.54) is 0 Å². The molecule has 0 amide bonds. The second-order valence-corrected chi connectivity index (χ2v) is 2.79. The molecule has 0 spiro atoms. The molecule has 72 valence electrons. The molecule has 0 aliphatic heterocycles. The van der Waals surface area contributed by atoms with E-state index < -0.39 is 18.4 Å². The maximum Gasteiger partial charge on any atom is 0.395 e. The monoisotopic (exact) mass is 184 g/mol. The molecular formula is C8H12F4. The molecule has 0 radical (unpaired) electrons. The average molecular weight is 184 g/mol. The molecule has 0 N–H and O–H groups in total. The van der Waals surface area contributed by atoms with Gasteiger partial charge in [0.05, 0.1) is 6.42 Å². The van der Waals surface area contributed by atoms with Gasteiger partial charge in [0, 0.05) is 0 Å². The summed E-state index contributed by atoms with van der Waals surface area (Å²) in [4.78, 5) is 0. The first-order chi connectivity index (χ1) is 5.35. The molecule has 0 heterocycles. The van der Waals surface area contributed by atoms with Crippen molar-refractivity contribution in [2.24, 2.45) is 5.92 Å². The van der Waals surface area contributed by atoms with E-state index in [0.717, 1.165) is 6.08 Å². The van der Waals surface area contributed by atoms with Crippen LogP contribution in [0, 0.1) is 5.92 Å². The van der Waals surface area contributed by atoms with Crippen LogP contribution in [0.3, 0.4) is 0 Å². The van der Waals surface area contributed by atoms with Crippen LogP contribution in [-0.4, -0.2) is 6.18 Å². The Labute approximate surface area is 69.3 Å². The molecule has 1 unspecified atom stereocenters. The molecule has 0 aromatic rings. The minimum absolute atomic E-state index is 0.132. The number of halogens is 4. The Hall–Kier alpha value is -0.540. The van der Waals surface area contributed by atoms with Crippen LogP contribution in [0.4, 0.5) is 17.6 Å². The lowest BCUT2D eigenvalue weighted by molar-refractivity contribution is -0.130. The van der Waals surface area contributed by atoms with Crippen molar-refractivity contribution >= 4 is 0 Å². The van der Waals surface area contributed by atoms with Gasteiger partial charge < -0.3 is 0 Å². The second-order valence-electron chi connectivity index (χ2n) is 2.79. The molecule has 1 atom stereocenters. The molecule has 0 nitrogen and oxygen atoms in total. The molecule has 0 aliphatic carbocycles. The maximum atomic E-state index is 12.5. The molecule has 12 heavy (non-hydrogen) atoms. The van der Waals surface area contributed by atoms with Gasteiger partial charge in [0.1, 0.15) is 5.83 Å². The first-order valence-electron chi connectivity index (χ1n) is 3.78. The lowest BCUT2D eigenvalue weighted by atomic mass is 10.1. The molecule has 0 aliphatic rings. The number of allylic oxidation sites excluding steroid dienone is 2. The van der Waals surface area contributed by atoms with Gasteiger partial charge in [-0.2, -0.15) is 13.2 Å². The van der Waals surface area contributed by atoms with Crippen molar-refractivity contribution in [1.82, 2.24) is 0 Å². The van der Waals surface area contributed by atoms with Crippen molar-refractivity contribution < 1.29 is 17.6 Å². The van der Waals surface area contributed by atoms with E-state index in [1.54, 1.807) is 13.8 Å². The summed E-state index contributed by atoms with van der Waals surface area (Å²) in [6, 6.07) is 0. The highest BCUT2D eigenvalue weighted by atomic mass is 19.4. The molecule has 0 bridgehead atoms. The summed E-state index contributed by atoms with van der Waals surface area (Å²) < 4.78 is 47.2. The molecule has 4 heteroatoms. The second kappa shape index (κ2) is 4.48. The number of rotatable bonds is 3. The number of hydrogen-bond acceptors (Lipinski definition) is 0. The Bertz CT molecular complexity index is 157. The van der Waals surface area contributed by atoms with Crippen LogP contribution in [0.25, 0.3) is 0 Å². The standard InChI is InChI=1S/C8H12F4/c1-3-6(2)4-7(9)5-8(10,11)12/h4,6H,3,5H2,1-2H3/b7-4-. The Morgan fingerprint density at radius 2 is 1.92 bits per heavy atom. The normalized spacial score (nSPS) is 16.3. The summed E-state index contributed by atoms with van der Waals surface area (Å²) >= 11 is 0. The fourth-order valence-electron chi connectivity index (χ4n) is 0.677. The number of hydrogen-bond donors (Lipinski definition) is 0. The van der Waals surface area contributed by atoms with Crippen LogP contribution >= 0.6 is 0 Å². The predicted molar refractivity (Wildman–Crippen MR) is 39.3 cm³/mol. The summed E-state index contributed by atoms with van der Waals surface area (Å²) in [6.45, 7) is 3.47. The van der Waals surface area contributed by atoms with Gasteiger partial charge in [-0.1, -0.05) is 13.8 Å². The summed E-state index contributed by atoms with van der Waals surface area (Å²) in [5.74, 6) is -1.22. The van der Waals surface area contributed by atoms with Gasteiger partial charge in [-0.3, -0.25) is 0 Å². The Balaban J connectivity index is 4.02. The molecular weight excluding hydrogens is 172 g/mol. The fourth-order valence-corrected chi connectivity index (χ4v) is 0.677. The van der Waals surface area contributed by atoms with Crippen LogP contribution in [0.15, 0.2) is 11.9 Å².